The molecule has 1 aromatic heterocycles. The first kappa shape index (κ1) is 16.1. The Morgan fingerprint density at radius 2 is 2.21 bits per heavy atom. The number of rotatable bonds is 7. The fraction of sp³-hybridized carbons (Fsp3) is 0.545. The predicted molar refractivity (Wildman–Crippen MR) is 73.6 cm³/mol. The number of nitrogens with two attached hydrogens (primary N) is 1. The molecular formula is C11H18N2O4S2. The Labute approximate surface area is 116 Å². The normalized spacial score (nSPS) is 13.7. The molecule has 0 fully saturated rings. The SMILES string of the molecule is CCN(C(C)CCO)S(=O)(=O)c1cc(C(N)=O)cs1. The van der Waals surface area contributed by atoms with Gasteiger partial charge in [-0.25, -0.2) is 8.42 Å². The van der Waals surface area contributed by atoms with Crippen LogP contribution in [0.3, 0.4) is 0 Å². The fourth-order valence-corrected chi connectivity index (χ4v) is 4.71. The molecule has 0 aliphatic heterocycles. The highest BCUT2D eigenvalue weighted by molar-refractivity contribution is 7.91. The third kappa shape index (κ3) is 3.53. The Kier molecular flexibility index (Phi) is 5.48. The number of aliphatic hydroxyl groups is 1. The molecule has 8 heteroatoms. The number of nitrogens with zero attached hydrogens (tertiary/aromatic N) is 1. The molecule has 1 aromatic rings. The molecule has 0 radical (unpaired) electrons. The second-order valence-corrected chi connectivity index (χ2v) is 7.12. The summed E-state index contributed by atoms with van der Waals surface area (Å²) >= 11 is 0.971. The van der Waals surface area contributed by atoms with Gasteiger partial charge in [0.1, 0.15) is 4.21 Å². The van der Waals surface area contributed by atoms with Gasteiger partial charge in [0.25, 0.3) is 10.0 Å². The number of primary amides is 1. The summed E-state index contributed by atoms with van der Waals surface area (Å²) < 4.78 is 26.2. The van der Waals surface area contributed by atoms with Crippen molar-refractivity contribution in [3.05, 3.63) is 17.0 Å². The molecule has 1 heterocycles. The fourth-order valence-electron chi connectivity index (χ4n) is 1.75. The number of carbonyl (C=O) groups excluding carboxylic acids is 1. The lowest BCUT2D eigenvalue weighted by molar-refractivity contribution is 0.100. The Balaban J connectivity index is 3.09. The highest BCUT2D eigenvalue weighted by atomic mass is 32.2. The lowest BCUT2D eigenvalue weighted by Gasteiger charge is -2.25. The van der Waals surface area contributed by atoms with E-state index in [4.69, 9.17) is 10.8 Å². The van der Waals surface area contributed by atoms with Crippen LogP contribution in [0.1, 0.15) is 30.6 Å². The Bertz CT molecular complexity index is 539. The van der Waals surface area contributed by atoms with Crippen molar-refractivity contribution >= 4 is 27.3 Å². The van der Waals surface area contributed by atoms with Crippen LogP contribution in [-0.2, 0) is 10.0 Å². The zero-order chi connectivity index (χ0) is 14.6. The zero-order valence-corrected chi connectivity index (χ0v) is 12.5. The van der Waals surface area contributed by atoms with Crippen LogP contribution >= 0.6 is 11.3 Å². The van der Waals surface area contributed by atoms with Crippen molar-refractivity contribution in [2.45, 2.75) is 30.5 Å². The van der Waals surface area contributed by atoms with Crippen molar-refractivity contribution in [3.8, 4) is 0 Å². The Morgan fingerprint density at radius 3 is 2.63 bits per heavy atom. The van der Waals surface area contributed by atoms with E-state index in [-0.39, 0.29) is 22.4 Å². The minimum Gasteiger partial charge on any atom is -0.396 e. The van der Waals surface area contributed by atoms with Crippen LogP contribution in [0.5, 0.6) is 0 Å². The van der Waals surface area contributed by atoms with E-state index < -0.39 is 15.9 Å². The third-order valence-corrected chi connectivity index (χ3v) is 6.28. The van der Waals surface area contributed by atoms with Crippen LogP contribution in [0.2, 0.25) is 0 Å². The molecular weight excluding hydrogens is 288 g/mol. The van der Waals surface area contributed by atoms with E-state index in [1.54, 1.807) is 13.8 Å². The maximum Gasteiger partial charge on any atom is 0.252 e. The van der Waals surface area contributed by atoms with Gasteiger partial charge in [-0.2, -0.15) is 4.31 Å². The van der Waals surface area contributed by atoms with Crippen LogP contribution < -0.4 is 5.73 Å². The van der Waals surface area contributed by atoms with Crippen molar-refractivity contribution in [1.82, 2.24) is 4.31 Å². The minimum atomic E-state index is -3.65. The van der Waals surface area contributed by atoms with E-state index in [9.17, 15) is 13.2 Å². The van der Waals surface area contributed by atoms with Crippen molar-refractivity contribution in [3.63, 3.8) is 0 Å². The molecule has 0 aromatic carbocycles. The molecule has 0 spiro atoms. The van der Waals surface area contributed by atoms with Gasteiger partial charge in [0.05, 0.1) is 5.56 Å². The molecule has 0 bridgehead atoms. The van der Waals surface area contributed by atoms with Crippen LogP contribution in [0.15, 0.2) is 15.7 Å². The summed E-state index contributed by atoms with van der Waals surface area (Å²) in [7, 11) is -3.65. The van der Waals surface area contributed by atoms with Gasteiger partial charge in [0, 0.05) is 24.6 Å². The number of sulfonamides is 1. The molecule has 1 unspecified atom stereocenters. The summed E-state index contributed by atoms with van der Waals surface area (Å²) in [5, 5.41) is 10.3. The maximum atomic E-state index is 12.4. The van der Waals surface area contributed by atoms with Crippen molar-refractivity contribution in [2.75, 3.05) is 13.2 Å². The number of amides is 1. The van der Waals surface area contributed by atoms with E-state index in [1.807, 2.05) is 0 Å². The molecule has 1 atom stereocenters. The van der Waals surface area contributed by atoms with E-state index >= 15 is 0 Å². The second-order valence-electron chi connectivity index (χ2n) is 4.09. The number of hydrogen-bond donors (Lipinski definition) is 2. The topological polar surface area (TPSA) is 101 Å². The quantitative estimate of drug-likeness (QED) is 0.771. The summed E-state index contributed by atoms with van der Waals surface area (Å²) in [6.07, 6.45) is 0.362. The van der Waals surface area contributed by atoms with Crippen molar-refractivity contribution in [2.24, 2.45) is 5.73 Å². The first-order valence-corrected chi connectivity index (χ1v) is 8.17. The molecule has 1 amide bonds. The number of carbonyl (C=O) groups is 1. The van der Waals surface area contributed by atoms with Gasteiger partial charge in [-0.05, 0) is 19.4 Å². The van der Waals surface area contributed by atoms with Crippen molar-refractivity contribution in [1.29, 1.82) is 0 Å². The molecule has 0 saturated heterocycles. The molecule has 1 rings (SSSR count). The summed E-state index contributed by atoms with van der Waals surface area (Å²) in [5.41, 5.74) is 5.30. The predicted octanol–water partition coefficient (Wildman–Crippen LogP) is 0.629. The van der Waals surface area contributed by atoms with E-state index in [1.165, 1.54) is 15.8 Å². The van der Waals surface area contributed by atoms with Gasteiger partial charge < -0.3 is 10.8 Å². The third-order valence-electron chi connectivity index (χ3n) is 2.77. The van der Waals surface area contributed by atoms with Gasteiger partial charge in [0.15, 0.2) is 0 Å². The first-order chi connectivity index (χ1) is 8.84. The average Bonchev–Trinajstić information content (AvgIpc) is 2.79. The lowest BCUT2D eigenvalue weighted by Crippen LogP contribution is -2.38. The van der Waals surface area contributed by atoms with Crippen LogP contribution in [-0.4, -0.2) is 42.9 Å². The number of aliphatic hydroxyl groups excluding tert-OH is 1. The highest BCUT2D eigenvalue weighted by Crippen LogP contribution is 2.25. The average molecular weight is 306 g/mol. The Hall–Kier alpha value is -0.960. The van der Waals surface area contributed by atoms with Gasteiger partial charge in [-0.3, -0.25) is 4.79 Å². The van der Waals surface area contributed by atoms with E-state index in [2.05, 4.69) is 0 Å². The number of hydrogen-bond acceptors (Lipinski definition) is 5. The number of thiophene rings is 1. The van der Waals surface area contributed by atoms with Crippen LogP contribution in [0.25, 0.3) is 0 Å². The molecule has 108 valence electrons. The molecule has 0 aliphatic carbocycles. The van der Waals surface area contributed by atoms with Crippen molar-refractivity contribution < 1.29 is 18.3 Å². The summed E-state index contributed by atoms with van der Waals surface area (Å²) in [4.78, 5) is 11.0. The van der Waals surface area contributed by atoms with Gasteiger partial charge in [-0.1, -0.05) is 6.92 Å². The van der Waals surface area contributed by atoms with Gasteiger partial charge in [-0.15, -0.1) is 11.3 Å². The first-order valence-electron chi connectivity index (χ1n) is 5.85. The maximum absolute atomic E-state index is 12.4. The molecule has 0 aliphatic rings. The molecule has 3 N–H and O–H groups in total. The standard InChI is InChI=1S/C11H18N2O4S2/c1-3-13(8(2)4-5-14)19(16,17)10-6-9(7-18-10)11(12)15/h6-8,14H,3-5H2,1-2H3,(H2,12,15). The summed E-state index contributed by atoms with van der Waals surface area (Å²) in [6.45, 7) is 3.69. The summed E-state index contributed by atoms with van der Waals surface area (Å²) in [6, 6.07) is 0.982. The summed E-state index contributed by atoms with van der Waals surface area (Å²) in [5.74, 6) is -0.649. The van der Waals surface area contributed by atoms with Crippen LogP contribution in [0, 0.1) is 0 Å². The molecule has 6 nitrogen and oxygen atoms in total. The highest BCUT2D eigenvalue weighted by Gasteiger charge is 2.29. The second kappa shape index (κ2) is 6.47. The smallest absolute Gasteiger partial charge is 0.252 e. The monoisotopic (exact) mass is 306 g/mol. The van der Waals surface area contributed by atoms with Gasteiger partial charge in [0.2, 0.25) is 5.91 Å². The minimum absolute atomic E-state index is 0.0792. The van der Waals surface area contributed by atoms with Crippen LogP contribution in [0.4, 0.5) is 0 Å². The molecule has 0 saturated carbocycles. The Morgan fingerprint density at radius 1 is 1.58 bits per heavy atom. The largest absolute Gasteiger partial charge is 0.396 e. The van der Waals surface area contributed by atoms with E-state index in [0.29, 0.717) is 13.0 Å². The van der Waals surface area contributed by atoms with Gasteiger partial charge >= 0.3 is 0 Å². The molecule has 19 heavy (non-hydrogen) atoms. The zero-order valence-electron chi connectivity index (χ0n) is 10.9. The van der Waals surface area contributed by atoms with E-state index in [0.717, 1.165) is 11.3 Å². The lowest BCUT2D eigenvalue weighted by atomic mass is 10.2.